The van der Waals surface area contributed by atoms with Crippen LogP contribution in [0.2, 0.25) is 0 Å². The lowest BCUT2D eigenvalue weighted by Crippen LogP contribution is -2.24. The van der Waals surface area contributed by atoms with Crippen molar-refractivity contribution in [2.45, 2.75) is 19.7 Å². The molecule has 0 saturated carbocycles. The minimum atomic E-state index is -0.359. The Morgan fingerprint density at radius 3 is 2.95 bits per heavy atom. The first-order valence-electron chi connectivity index (χ1n) is 6.53. The lowest BCUT2D eigenvalue weighted by atomic mass is 9.99. The molecule has 3 rings (SSSR count). The number of fused-ring (bicyclic) bond motifs is 1. The second kappa shape index (κ2) is 4.84. The predicted molar refractivity (Wildman–Crippen MR) is 75.6 cm³/mol. The Morgan fingerprint density at radius 2 is 2.25 bits per heavy atom. The number of hydrogen-bond acceptors (Lipinski definition) is 6. The summed E-state index contributed by atoms with van der Waals surface area (Å²) in [6.07, 6.45) is 2.78. The summed E-state index contributed by atoms with van der Waals surface area (Å²) in [6.45, 7) is 7.92. The molecule has 7 heteroatoms. The molecule has 1 aliphatic heterocycles. The molecule has 1 fully saturated rings. The van der Waals surface area contributed by atoms with Crippen molar-refractivity contribution in [3.63, 3.8) is 0 Å². The van der Waals surface area contributed by atoms with Gasteiger partial charge >= 0.3 is 0 Å². The third-order valence-corrected chi connectivity index (χ3v) is 3.78. The molecule has 0 radical (unpaired) electrons. The average Bonchev–Trinajstić information content (AvgIpc) is 2.95. The quantitative estimate of drug-likeness (QED) is 0.779. The largest absolute Gasteiger partial charge is 0.391 e. The molecule has 2 aromatic rings. The molecular weight excluding hydrogens is 256 g/mol. The maximum atomic E-state index is 10.0. The Kier molecular flexibility index (Phi) is 3.15. The van der Waals surface area contributed by atoms with Gasteiger partial charge in [-0.25, -0.2) is 15.0 Å². The number of β-amino-alcohol motifs (C(OH)–C–C–N with tert-alkyl or cyclic N) is 1. The van der Waals surface area contributed by atoms with E-state index in [4.69, 9.17) is 5.73 Å². The van der Waals surface area contributed by atoms with Crippen LogP contribution in [0.4, 0.5) is 5.82 Å². The van der Waals surface area contributed by atoms with E-state index in [0.29, 0.717) is 30.2 Å². The zero-order valence-electron chi connectivity index (χ0n) is 11.4. The number of anilines is 1. The summed E-state index contributed by atoms with van der Waals surface area (Å²) in [7, 11) is 0. The summed E-state index contributed by atoms with van der Waals surface area (Å²) in [5, 5.41) is 10.0. The van der Waals surface area contributed by atoms with Crippen LogP contribution in [0.1, 0.15) is 6.92 Å². The molecule has 7 nitrogen and oxygen atoms in total. The number of likely N-dealkylation sites (tertiary alicyclic amines) is 1. The van der Waals surface area contributed by atoms with Gasteiger partial charge in [0.15, 0.2) is 11.5 Å². The van der Waals surface area contributed by atoms with E-state index in [2.05, 4.69) is 26.4 Å². The van der Waals surface area contributed by atoms with Crippen LogP contribution < -0.4 is 5.73 Å². The van der Waals surface area contributed by atoms with E-state index >= 15 is 0 Å². The van der Waals surface area contributed by atoms with Crippen LogP contribution >= 0.6 is 0 Å². The topological polar surface area (TPSA) is 93.1 Å². The second-order valence-corrected chi connectivity index (χ2v) is 5.34. The summed E-state index contributed by atoms with van der Waals surface area (Å²) >= 11 is 0. The smallest absolute Gasteiger partial charge is 0.166 e. The van der Waals surface area contributed by atoms with E-state index in [1.54, 1.807) is 6.33 Å². The maximum Gasteiger partial charge on any atom is 0.166 e. The fourth-order valence-corrected chi connectivity index (χ4v) is 2.68. The summed E-state index contributed by atoms with van der Waals surface area (Å²) < 4.78 is 1.92. The molecule has 106 valence electrons. The third kappa shape index (κ3) is 2.14. The molecule has 3 N–H and O–H groups in total. The predicted octanol–water partition coefficient (Wildman–Crippen LogP) is 0.235. The molecule has 0 spiro atoms. The summed E-state index contributed by atoms with van der Waals surface area (Å²) in [5.41, 5.74) is 8.11. The molecule has 0 amide bonds. The minimum Gasteiger partial charge on any atom is -0.391 e. The number of aromatic nitrogens is 4. The van der Waals surface area contributed by atoms with Crippen molar-refractivity contribution in [2.24, 2.45) is 5.92 Å². The highest BCUT2D eigenvalue weighted by Gasteiger charge is 2.31. The van der Waals surface area contributed by atoms with Gasteiger partial charge in [-0.05, 0) is 6.92 Å². The fraction of sp³-hybridized carbons (Fsp3) is 0.462. The van der Waals surface area contributed by atoms with Gasteiger partial charge in [0.05, 0.1) is 19.1 Å². The van der Waals surface area contributed by atoms with Crippen molar-refractivity contribution in [3.05, 3.63) is 24.8 Å². The number of nitrogen functional groups attached to an aromatic ring is 1. The number of imidazole rings is 1. The van der Waals surface area contributed by atoms with Crippen molar-refractivity contribution >= 4 is 17.0 Å². The third-order valence-electron chi connectivity index (χ3n) is 3.78. The molecule has 0 unspecified atom stereocenters. The average molecular weight is 274 g/mol. The van der Waals surface area contributed by atoms with Crippen LogP contribution in [-0.2, 0) is 6.67 Å². The van der Waals surface area contributed by atoms with E-state index < -0.39 is 0 Å². The van der Waals surface area contributed by atoms with Crippen molar-refractivity contribution < 1.29 is 5.11 Å². The Morgan fingerprint density at radius 1 is 1.45 bits per heavy atom. The molecule has 1 aliphatic rings. The highest BCUT2D eigenvalue weighted by atomic mass is 16.3. The molecule has 3 heterocycles. The van der Waals surface area contributed by atoms with Gasteiger partial charge in [0.1, 0.15) is 11.8 Å². The highest BCUT2D eigenvalue weighted by molar-refractivity contribution is 5.80. The number of aliphatic hydroxyl groups is 1. The van der Waals surface area contributed by atoms with Crippen LogP contribution in [0.3, 0.4) is 0 Å². The lowest BCUT2D eigenvalue weighted by Gasteiger charge is -2.16. The summed E-state index contributed by atoms with van der Waals surface area (Å²) in [5.74, 6) is 0.513. The van der Waals surface area contributed by atoms with Crippen LogP contribution in [0.5, 0.6) is 0 Å². The zero-order valence-corrected chi connectivity index (χ0v) is 11.4. The number of rotatable bonds is 3. The normalized spacial score (nSPS) is 23.5. The van der Waals surface area contributed by atoms with E-state index in [0.717, 1.165) is 12.1 Å². The van der Waals surface area contributed by atoms with Crippen LogP contribution in [0.15, 0.2) is 24.8 Å². The molecular formula is C13H18N6O. The van der Waals surface area contributed by atoms with Gasteiger partial charge < -0.3 is 15.4 Å². The lowest BCUT2D eigenvalue weighted by molar-refractivity contribution is 0.148. The minimum absolute atomic E-state index is 0.129. The van der Waals surface area contributed by atoms with Crippen LogP contribution in [-0.4, -0.2) is 48.7 Å². The first kappa shape index (κ1) is 13.0. The number of aliphatic hydroxyl groups excluding tert-OH is 1. The second-order valence-electron chi connectivity index (χ2n) is 5.34. The molecule has 1 saturated heterocycles. The van der Waals surface area contributed by atoms with E-state index in [-0.39, 0.29) is 12.0 Å². The first-order valence-corrected chi connectivity index (χ1v) is 6.53. The van der Waals surface area contributed by atoms with Gasteiger partial charge in [-0.15, -0.1) is 0 Å². The van der Waals surface area contributed by atoms with E-state index in [1.165, 1.54) is 6.33 Å². The van der Waals surface area contributed by atoms with Gasteiger partial charge in [0, 0.05) is 19.0 Å². The van der Waals surface area contributed by atoms with E-state index in [1.807, 2.05) is 11.5 Å². The fourth-order valence-electron chi connectivity index (χ4n) is 2.68. The van der Waals surface area contributed by atoms with Crippen molar-refractivity contribution in [1.29, 1.82) is 0 Å². The van der Waals surface area contributed by atoms with Crippen LogP contribution in [0.25, 0.3) is 11.2 Å². The van der Waals surface area contributed by atoms with Crippen molar-refractivity contribution in [1.82, 2.24) is 24.4 Å². The number of nitrogens with two attached hydrogens (primary N) is 1. The molecule has 0 aliphatic carbocycles. The molecule has 20 heavy (non-hydrogen) atoms. The Hall–Kier alpha value is -1.99. The monoisotopic (exact) mass is 274 g/mol. The first-order chi connectivity index (χ1) is 9.56. The van der Waals surface area contributed by atoms with Crippen molar-refractivity contribution in [3.8, 4) is 0 Å². The van der Waals surface area contributed by atoms with Gasteiger partial charge in [0.2, 0.25) is 0 Å². The van der Waals surface area contributed by atoms with Gasteiger partial charge in [-0.3, -0.25) is 4.90 Å². The molecule has 0 bridgehead atoms. The SMILES string of the molecule is C=C(C)[C@H]1CN(Cn2cnc3c(N)ncnc32)C[C@@H]1O. The number of nitrogens with zero attached hydrogens (tertiary/aromatic N) is 5. The van der Waals surface area contributed by atoms with Gasteiger partial charge in [-0.2, -0.15) is 0 Å². The Bertz CT molecular complexity index is 651. The standard InChI is InChI=1S/C13H18N6O/c1-8(2)9-3-18(4-10(9)20)7-19-6-17-11-12(14)15-5-16-13(11)19/h5-6,9-10,20H,1,3-4,7H2,2H3,(H2,14,15,16)/t9-,10+/m1/s1. The van der Waals surface area contributed by atoms with E-state index in [9.17, 15) is 5.11 Å². The maximum absolute atomic E-state index is 10.0. The highest BCUT2D eigenvalue weighted by Crippen LogP contribution is 2.24. The van der Waals surface area contributed by atoms with Gasteiger partial charge in [0.25, 0.3) is 0 Å². The molecule has 2 atom stereocenters. The summed E-state index contributed by atoms with van der Waals surface area (Å²) in [6, 6.07) is 0. The number of hydrogen-bond donors (Lipinski definition) is 2. The van der Waals surface area contributed by atoms with Gasteiger partial charge in [-0.1, -0.05) is 12.2 Å². The molecule has 2 aromatic heterocycles. The summed E-state index contributed by atoms with van der Waals surface area (Å²) in [4.78, 5) is 14.5. The zero-order chi connectivity index (χ0) is 14.3. The molecule has 0 aromatic carbocycles. The Labute approximate surface area is 116 Å². The Balaban J connectivity index is 1.81. The van der Waals surface area contributed by atoms with Crippen LogP contribution in [0, 0.1) is 5.92 Å². The van der Waals surface area contributed by atoms with Crippen molar-refractivity contribution in [2.75, 3.05) is 18.8 Å².